The fraction of sp³-hybridized carbons (Fsp3) is 0.375. The third-order valence-electron chi connectivity index (χ3n) is 4.07. The first-order valence-corrected chi connectivity index (χ1v) is 7.87. The van der Waals surface area contributed by atoms with Crippen molar-refractivity contribution in [2.24, 2.45) is 0 Å². The number of hydrogen-bond donors (Lipinski definition) is 1. The minimum atomic E-state index is -0.942. The van der Waals surface area contributed by atoms with Gasteiger partial charge in [0.25, 0.3) is 0 Å². The molecule has 0 fully saturated rings. The molecule has 110 valence electrons. The lowest BCUT2D eigenvalue weighted by atomic mass is 9.90. The molecule has 3 rings (SSSR count). The lowest BCUT2D eigenvalue weighted by Crippen LogP contribution is -2.31. The van der Waals surface area contributed by atoms with Crippen molar-refractivity contribution >= 4 is 22.4 Å². The zero-order valence-electron chi connectivity index (χ0n) is 12.2. The smallest absolute Gasteiger partial charge is 0.315 e. The first kappa shape index (κ1) is 14.1. The number of anilines is 1. The largest absolute Gasteiger partial charge is 0.481 e. The van der Waals surface area contributed by atoms with E-state index in [4.69, 9.17) is 0 Å². The van der Waals surface area contributed by atoms with Gasteiger partial charge in [-0.2, -0.15) is 0 Å². The van der Waals surface area contributed by atoms with Crippen LogP contribution in [-0.2, 0) is 23.2 Å². The number of aromatic nitrogens is 1. The summed E-state index contributed by atoms with van der Waals surface area (Å²) in [6.45, 7) is 5.16. The van der Waals surface area contributed by atoms with Gasteiger partial charge in [0.2, 0.25) is 0 Å². The van der Waals surface area contributed by atoms with E-state index in [-0.39, 0.29) is 0 Å². The number of rotatable bonds is 3. The molecular formula is C16H18N2O2S. The van der Waals surface area contributed by atoms with E-state index in [1.807, 2.05) is 5.38 Å². The van der Waals surface area contributed by atoms with Gasteiger partial charge in [-0.15, -0.1) is 11.3 Å². The second kappa shape index (κ2) is 5.15. The maximum absolute atomic E-state index is 11.3. The molecule has 0 atom stereocenters. The minimum absolute atomic E-state index is 0.633. The summed E-state index contributed by atoms with van der Waals surface area (Å²) >= 11 is 1.53. The Balaban J connectivity index is 1.84. The van der Waals surface area contributed by atoms with Crippen molar-refractivity contribution in [3.05, 3.63) is 46.5 Å². The monoisotopic (exact) mass is 302 g/mol. The van der Waals surface area contributed by atoms with Crippen molar-refractivity contribution < 1.29 is 9.90 Å². The van der Waals surface area contributed by atoms with Gasteiger partial charge in [-0.3, -0.25) is 4.79 Å². The van der Waals surface area contributed by atoms with E-state index in [0.29, 0.717) is 5.69 Å². The molecule has 0 amide bonds. The van der Waals surface area contributed by atoms with Crippen LogP contribution in [0.25, 0.3) is 0 Å². The Bertz CT molecular complexity index is 678. The van der Waals surface area contributed by atoms with Crippen LogP contribution >= 0.6 is 11.3 Å². The van der Waals surface area contributed by atoms with Crippen LogP contribution in [0.1, 0.15) is 30.7 Å². The molecule has 1 aromatic carbocycles. The van der Waals surface area contributed by atoms with Gasteiger partial charge < -0.3 is 10.0 Å². The highest BCUT2D eigenvalue weighted by Gasteiger charge is 2.33. The number of hydrogen-bond acceptors (Lipinski definition) is 4. The summed E-state index contributed by atoms with van der Waals surface area (Å²) in [6, 6.07) is 8.46. The van der Waals surface area contributed by atoms with Gasteiger partial charge in [0.1, 0.15) is 5.41 Å². The molecule has 1 aliphatic heterocycles. The van der Waals surface area contributed by atoms with Crippen molar-refractivity contribution in [3.8, 4) is 0 Å². The molecule has 0 aliphatic carbocycles. The van der Waals surface area contributed by atoms with E-state index in [1.54, 1.807) is 13.8 Å². The van der Waals surface area contributed by atoms with Gasteiger partial charge in [0, 0.05) is 18.5 Å². The molecule has 0 radical (unpaired) electrons. The molecule has 5 heteroatoms. The fourth-order valence-corrected chi connectivity index (χ4v) is 3.49. The third-order valence-corrected chi connectivity index (χ3v) is 4.97. The highest BCUT2D eigenvalue weighted by atomic mass is 32.1. The summed E-state index contributed by atoms with van der Waals surface area (Å²) in [5, 5.41) is 12.1. The number of aliphatic carboxylic acids is 1. The van der Waals surface area contributed by atoms with Gasteiger partial charge in [-0.25, -0.2) is 4.98 Å². The van der Waals surface area contributed by atoms with Crippen LogP contribution in [0.15, 0.2) is 29.6 Å². The average molecular weight is 302 g/mol. The van der Waals surface area contributed by atoms with Gasteiger partial charge in [0.15, 0.2) is 5.13 Å². The lowest BCUT2D eigenvalue weighted by Gasteiger charge is -2.28. The summed E-state index contributed by atoms with van der Waals surface area (Å²) in [5.41, 5.74) is 2.42. The summed E-state index contributed by atoms with van der Waals surface area (Å²) in [5.74, 6) is -0.844. The predicted octanol–water partition coefficient (Wildman–Crippen LogP) is 3.07. The van der Waals surface area contributed by atoms with Gasteiger partial charge in [-0.1, -0.05) is 24.3 Å². The maximum atomic E-state index is 11.3. The molecule has 4 nitrogen and oxygen atoms in total. The zero-order chi connectivity index (χ0) is 15.0. The van der Waals surface area contributed by atoms with E-state index in [2.05, 4.69) is 34.1 Å². The maximum Gasteiger partial charge on any atom is 0.315 e. The quantitative estimate of drug-likeness (QED) is 0.946. The second-order valence-corrected chi connectivity index (χ2v) is 6.72. The molecule has 21 heavy (non-hydrogen) atoms. The summed E-state index contributed by atoms with van der Waals surface area (Å²) in [4.78, 5) is 18.1. The summed E-state index contributed by atoms with van der Waals surface area (Å²) in [6.07, 6.45) is 1.01. The topological polar surface area (TPSA) is 53.4 Å². The highest BCUT2D eigenvalue weighted by Crippen LogP contribution is 2.31. The van der Waals surface area contributed by atoms with Crippen molar-refractivity contribution in [3.63, 3.8) is 0 Å². The molecule has 0 spiro atoms. The van der Waals surface area contributed by atoms with Gasteiger partial charge in [-0.05, 0) is 31.4 Å². The van der Waals surface area contributed by atoms with Crippen molar-refractivity contribution in [2.45, 2.75) is 32.2 Å². The van der Waals surface area contributed by atoms with Crippen LogP contribution < -0.4 is 4.90 Å². The normalized spacial score (nSPS) is 14.9. The van der Waals surface area contributed by atoms with Crippen LogP contribution in [0.4, 0.5) is 5.13 Å². The summed E-state index contributed by atoms with van der Waals surface area (Å²) in [7, 11) is 0. The average Bonchev–Trinajstić information content (AvgIpc) is 2.97. The third kappa shape index (κ3) is 2.53. The van der Waals surface area contributed by atoms with E-state index >= 15 is 0 Å². The first-order valence-electron chi connectivity index (χ1n) is 6.99. The van der Waals surface area contributed by atoms with Crippen LogP contribution in [0.2, 0.25) is 0 Å². The van der Waals surface area contributed by atoms with Crippen molar-refractivity contribution in [1.29, 1.82) is 0 Å². The van der Waals surface area contributed by atoms with Crippen LogP contribution in [0, 0.1) is 0 Å². The van der Waals surface area contributed by atoms with E-state index in [9.17, 15) is 9.90 Å². The number of fused-ring (bicyclic) bond motifs is 1. The Hall–Kier alpha value is -1.88. The molecule has 0 saturated heterocycles. The molecule has 0 unspecified atom stereocenters. The molecule has 0 saturated carbocycles. The zero-order valence-corrected chi connectivity index (χ0v) is 13.0. The summed E-state index contributed by atoms with van der Waals surface area (Å²) < 4.78 is 0. The Morgan fingerprint density at radius 2 is 2.05 bits per heavy atom. The predicted molar refractivity (Wildman–Crippen MR) is 84.0 cm³/mol. The number of benzene rings is 1. The number of nitrogens with zero attached hydrogens (tertiary/aromatic N) is 2. The van der Waals surface area contributed by atoms with Crippen molar-refractivity contribution in [1.82, 2.24) is 4.98 Å². The van der Waals surface area contributed by atoms with Crippen LogP contribution in [0.3, 0.4) is 0 Å². The molecule has 1 N–H and O–H groups in total. The highest BCUT2D eigenvalue weighted by molar-refractivity contribution is 7.13. The molecule has 2 heterocycles. The van der Waals surface area contributed by atoms with E-state index < -0.39 is 11.4 Å². The first-order chi connectivity index (χ1) is 9.98. The Kier molecular flexibility index (Phi) is 3.45. The van der Waals surface area contributed by atoms with E-state index in [0.717, 1.165) is 24.6 Å². The van der Waals surface area contributed by atoms with Gasteiger partial charge in [0.05, 0.1) is 5.69 Å². The number of carboxylic acids is 1. The molecular weight excluding hydrogens is 284 g/mol. The van der Waals surface area contributed by atoms with Crippen LogP contribution in [-0.4, -0.2) is 22.6 Å². The second-order valence-electron chi connectivity index (χ2n) is 5.89. The Morgan fingerprint density at radius 3 is 2.76 bits per heavy atom. The van der Waals surface area contributed by atoms with Crippen molar-refractivity contribution in [2.75, 3.05) is 11.4 Å². The fourth-order valence-electron chi connectivity index (χ4n) is 2.47. The molecule has 2 aromatic rings. The standard InChI is InChI=1S/C16H18N2O2S/c1-16(2,14(19)20)13-10-21-15(17-13)18-8-7-11-5-3-4-6-12(11)9-18/h3-6,10H,7-9H2,1-2H3,(H,19,20). The number of carbonyl (C=O) groups is 1. The molecule has 1 aromatic heterocycles. The van der Waals surface area contributed by atoms with Gasteiger partial charge >= 0.3 is 5.97 Å². The number of thiazole rings is 1. The molecule has 0 bridgehead atoms. The van der Waals surface area contributed by atoms with Crippen LogP contribution in [0.5, 0.6) is 0 Å². The minimum Gasteiger partial charge on any atom is -0.481 e. The molecule has 1 aliphatic rings. The Morgan fingerprint density at radius 1 is 1.33 bits per heavy atom. The Labute approximate surface area is 128 Å². The SMILES string of the molecule is CC(C)(C(=O)O)c1csc(N2CCc3ccccc3C2)n1. The van der Waals surface area contributed by atoms with E-state index in [1.165, 1.54) is 22.5 Å². The number of carboxylic acid groups (broad SMARTS) is 1. The lowest BCUT2D eigenvalue weighted by molar-refractivity contribution is -0.142.